The molecule has 0 aliphatic carbocycles. The number of nitriles is 1. The second-order valence-corrected chi connectivity index (χ2v) is 11.1. The molecule has 5 nitrogen and oxygen atoms in total. The number of thiophene rings is 1. The number of nitrogens with zero attached hydrogens (tertiary/aromatic N) is 1. The number of halogens is 2. The lowest BCUT2D eigenvalue weighted by molar-refractivity contribution is -0.114. The lowest BCUT2D eigenvalue weighted by Crippen LogP contribution is -2.27. The molecule has 0 radical (unpaired) electrons. The van der Waals surface area contributed by atoms with E-state index in [0.717, 1.165) is 24.9 Å². The first-order valence-electron chi connectivity index (χ1n) is 9.68. The summed E-state index contributed by atoms with van der Waals surface area (Å²) in [5.41, 5.74) is 4.49. The number of anilines is 1. The van der Waals surface area contributed by atoms with Crippen LogP contribution in [0.25, 0.3) is 0 Å². The number of aryl methyl sites for hydroxylation is 2. The molecule has 0 spiro atoms. The summed E-state index contributed by atoms with van der Waals surface area (Å²) in [5, 5.41) is 18.7. The van der Waals surface area contributed by atoms with Crippen molar-refractivity contribution < 1.29 is 9.59 Å². The topological polar surface area (TPSA) is 82.0 Å². The molecule has 166 valence electrons. The van der Waals surface area contributed by atoms with E-state index >= 15 is 0 Å². The van der Waals surface area contributed by atoms with Crippen molar-refractivity contribution in [2.45, 2.75) is 33.6 Å². The summed E-state index contributed by atoms with van der Waals surface area (Å²) < 4.78 is 1.70. The summed E-state index contributed by atoms with van der Waals surface area (Å²) >= 11 is 9.72. The zero-order valence-electron chi connectivity index (χ0n) is 17.9. The van der Waals surface area contributed by atoms with Crippen molar-refractivity contribution in [1.29, 1.82) is 5.26 Å². The van der Waals surface area contributed by atoms with Crippen LogP contribution >= 0.6 is 55.0 Å². The highest BCUT2D eigenvalue weighted by molar-refractivity contribution is 9.11. The highest BCUT2D eigenvalue weighted by Gasteiger charge is 2.34. The van der Waals surface area contributed by atoms with Gasteiger partial charge in [0.25, 0.3) is 0 Å². The minimum atomic E-state index is -0.425. The Bertz CT molecular complexity index is 1190. The number of carbonyl (C=O) groups excluding carboxylic acids is 2. The van der Waals surface area contributed by atoms with Crippen molar-refractivity contribution in [2.24, 2.45) is 0 Å². The highest BCUT2D eigenvalue weighted by atomic mass is 79.9. The molecular weight excluding hydrogens is 574 g/mol. The summed E-state index contributed by atoms with van der Waals surface area (Å²) in [7, 11) is 0. The molecule has 1 amide bonds. The number of hydrogen-bond acceptors (Lipinski definition) is 6. The van der Waals surface area contributed by atoms with Crippen LogP contribution in [0, 0.1) is 25.2 Å². The predicted octanol–water partition coefficient (Wildman–Crippen LogP) is 6.55. The van der Waals surface area contributed by atoms with E-state index in [0.29, 0.717) is 27.6 Å². The fourth-order valence-electron chi connectivity index (χ4n) is 3.56. The van der Waals surface area contributed by atoms with Gasteiger partial charge in [0.15, 0.2) is 5.78 Å². The average molecular weight is 595 g/mol. The SMILES string of the molecule is CC(=O)C1=C(C)NC(SCC(=O)Nc2c(C)cc(Br)cc2Br)=C(C#N)C1c1cc(C)cs1. The molecule has 2 aromatic rings. The van der Waals surface area contributed by atoms with E-state index in [1.54, 1.807) is 0 Å². The number of ketones is 1. The van der Waals surface area contributed by atoms with Gasteiger partial charge in [-0.2, -0.15) is 5.26 Å². The van der Waals surface area contributed by atoms with Gasteiger partial charge < -0.3 is 10.6 Å². The van der Waals surface area contributed by atoms with Gasteiger partial charge in [0.1, 0.15) is 0 Å². The fraction of sp³-hybridized carbons (Fsp3) is 0.261. The van der Waals surface area contributed by atoms with E-state index in [1.165, 1.54) is 30.0 Å². The Labute approximate surface area is 212 Å². The molecule has 1 aliphatic rings. The number of allylic oxidation sites excluding steroid dienone is 3. The number of carbonyl (C=O) groups is 2. The quantitative estimate of drug-likeness (QED) is 0.396. The predicted molar refractivity (Wildman–Crippen MR) is 139 cm³/mol. The van der Waals surface area contributed by atoms with Crippen molar-refractivity contribution in [3.8, 4) is 6.07 Å². The Morgan fingerprint density at radius 2 is 1.97 bits per heavy atom. The maximum atomic E-state index is 12.7. The van der Waals surface area contributed by atoms with Gasteiger partial charge in [-0.1, -0.05) is 27.7 Å². The molecule has 1 unspecified atom stereocenters. The number of rotatable bonds is 6. The lowest BCUT2D eigenvalue weighted by atomic mass is 9.85. The zero-order chi connectivity index (χ0) is 23.6. The molecule has 2 N–H and O–H groups in total. The Hall–Kier alpha value is -1.86. The van der Waals surface area contributed by atoms with Crippen LogP contribution in [0.3, 0.4) is 0 Å². The monoisotopic (exact) mass is 593 g/mol. The van der Waals surface area contributed by atoms with Gasteiger partial charge in [-0.3, -0.25) is 9.59 Å². The molecule has 3 rings (SSSR count). The number of hydrogen-bond donors (Lipinski definition) is 2. The van der Waals surface area contributed by atoms with Gasteiger partial charge in [-0.05, 0) is 78.3 Å². The number of thioether (sulfide) groups is 1. The molecule has 0 fully saturated rings. The maximum Gasteiger partial charge on any atom is 0.234 e. The van der Waals surface area contributed by atoms with Crippen LogP contribution in [0.1, 0.15) is 35.8 Å². The van der Waals surface area contributed by atoms with Crippen molar-refractivity contribution in [3.63, 3.8) is 0 Å². The molecule has 1 atom stereocenters. The number of dihydropyridines is 1. The number of amides is 1. The number of benzene rings is 1. The molecule has 1 aromatic heterocycles. The smallest absolute Gasteiger partial charge is 0.234 e. The van der Waals surface area contributed by atoms with Crippen LogP contribution in [-0.2, 0) is 9.59 Å². The van der Waals surface area contributed by atoms with E-state index in [4.69, 9.17) is 0 Å². The van der Waals surface area contributed by atoms with Crippen LogP contribution in [0.5, 0.6) is 0 Å². The molecular formula is C23H21Br2N3O2S2. The maximum absolute atomic E-state index is 12.7. The van der Waals surface area contributed by atoms with Crippen LogP contribution < -0.4 is 10.6 Å². The van der Waals surface area contributed by atoms with E-state index < -0.39 is 5.92 Å². The first kappa shape index (κ1) is 24.8. The molecule has 0 bridgehead atoms. The van der Waals surface area contributed by atoms with Crippen molar-refractivity contribution >= 4 is 72.3 Å². The third-order valence-electron chi connectivity index (χ3n) is 4.93. The molecule has 1 aliphatic heterocycles. The second-order valence-electron chi connectivity index (χ2n) is 7.45. The molecule has 32 heavy (non-hydrogen) atoms. The van der Waals surface area contributed by atoms with Crippen LogP contribution in [0.4, 0.5) is 5.69 Å². The fourth-order valence-corrected chi connectivity index (χ4v) is 7.00. The molecule has 0 saturated heterocycles. The zero-order valence-corrected chi connectivity index (χ0v) is 22.7. The molecule has 0 saturated carbocycles. The first-order chi connectivity index (χ1) is 15.1. The standard InChI is InChI=1S/C23H21Br2N3O2S2/c1-11-5-18(31-9-11)21-16(8-26)23(27-13(3)20(21)14(4)29)32-10-19(30)28-22-12(2)6-15(24)7-17(22)25/h5-7,9,21,27H,10H2,1-4H3,(H,28,30). The van der Waals surface area contributed by atoms with Crippen LogP contribution in [-0.4, -0.2) is 17.4 Å². The third-order valence-corrected chi connectivity index (χ3v) is 8.14. The Kier molecular flexibility index (Phi) is 8.04. The van der Waals surface area contributed by atoms with Gasteiger partial charge in [-0.15, -0.1) is 11.3 Å². The molecule has 9 heteroatoms. The van der Waals surface area contributed by atoms with Crippen LogP contribution in [0.15, 0.2) is 54.4 Å². The molecule has 2 heterocycles. The number of nitrogens with one attached hydrogen (secondary N) is 2. The van der Waals surface area contributed by atoms with Crippen LogP contribution in [0.2, 0.25) is 0 Å². The van der Waals surface area contributed by atoms with Gasteiger partial charge >= 0.3 is 0 Å². The summed E-state index contributed by atoms with van der Waals surface area (Å²) in [4.78, 5) is 26.1. The van der Waals surface area contributed by atoms with E-state index in [-0.39, 0.29) is 17.4 Å². The van der Waals surface area contributed by atoms with Gasteiger partial charge in [0.05, 0.1) is 34.0 Å². The van der Waals surface area contributed by atoms with E-state index in [2.05, 4.69) is 48.6 Å². The summed E-state index contributed by atoms with van der Waals surface area (Å²) in [6.45, 7) is 7.26. The summed E-state index contributed by atoms with van der Waals surface area (Å²) in [6.07, 6.45) is 0. The largest absolute Gasteiger partial charge is 0.353 e. The van der Waals surface area contributed by atoms with Gasteiger partial charge in [0.2, 0.25) is 5.91 Å². The van der Waals surface area contributed by atoms with Crippen molar-refractivity contribution in [1.82, 2.24) is 5.32 Å². The average Bonchev–Trinajstić information content (AvgIpc) is 3.14. The van der Waals surface area contributed by atoms with Crippen molar-refractivity contribution in [3.05, 3.63) is 70.4 Å². The van der Waals surface area contributed by atoms with E-state index in [9.17, 15) is 14.9 Å². The minimum Gasteiger partial charge on any atom is -0.353 e. The molecule has 1 aromatic carbocycles. The Morgan fingerprint density at radius 1 is 1.25 bits per heavy atom. The second kappa shape index (κ2) is 10.4. The summed E-state index contributed by atoms with van der Waals surface area (Å²) in [5.74, 6) is -0.564. The van der Waals surface area contributed by atoms with Crippen molar-refractivity contribution in [2.75, 3.05) is 11.1 Å². The minimum absolute atomic E-state index is 0.0730. The lowest BCUT2D eigenvalue weighted by Gasteiger charge is -2.28. The van der Waals surface area contributed by atoms with E-state index in [1.807, 2.05) is 44.4 Å². The van der Waals surface area contributed by atoms with Gasteiger partial charge in [0, 0.05) is 25.1 Å². The summed E-state index contributed by atoms with van der Waals surface area (Å²) in [6, 6.07) is 8.10. The Balaban J connectivity index is 1.86. The number of Topliss-reactive ketones (excluding diaryl/α,β-unsaturated/α-hetero) is 1. The normalized spacial score (nSPS) is 16.0. The van der Waals surface area contributed by atoms with Gasteiger partial charge in [-0.25, -0.2) is 0 Å². The first-order valence-corrected chi connectivity index (χ1v) is 13.1. The third kappa shape index (κ3) is 5.37. The Morgan fingerprint density at radius 3 is 2.53 bits per heavy atom. The highest BCUT2D eigenvalue weighted by Crippen LogP contribution is 2.43.